The maximum absolute atomic E-state index is 12.3. The molecule has 0 spiro atoms. The van der Waals surface area contributed by atoms with Crippen molar-refractivity contribution in [2.75, 3.05) is 18.6 Å². The van der Waals surface area contributed by atoms with Crippen molar-refractivity contribution in [1.29, 1.82) is 0 Å². The quantitative estimate of drug-likeness (QED) is 0.809. The van der Waals surface area contributed by atoms with Crippen LogP contribution in [0.15, 0.2) is 48.5 Å². The number of hydrogen-bond donors (Lipinski definition) is 1. The summed E-state index contributed by atoms with van der Waals surface area (Å²) >= 11 is 0. The Labute approximate surface area is 152 Å². The first-order valence-electron chi connectivity index (χ1n) is 8.20. The summed E-state index contributed by atoms with van der Waals surface area (Å²) in [7, 11) is 1.27. The molecule has 0 aliphatic rings. The van der Waals surface area contributed by atoms with Crippen LogP contribution in [0.3, 0.4) is 0 Å². The first-order chi connectivity index (χ1) is 12.4. The summed E-state index contributed by atoms with van der Waals surface area (Å²) < 4.78 is 4.75. The summed E-state index contributed by atoms with van der Waals surface area (Å²) in [4.78, 5) is 37.6. The van der Waals surface area contributed by atoms with E-state index in [-0.39, 0.29) is 23.9 Å². The molecule has 0 aliphatic carbocycles. The Morgan fingerprint density at radius 2 is 1.81 bits per heavy atom. The first-order valence-corrected chi connectivity index (χ1v) is 8.20. The van der Waals surface area contributed by atoms with Gasteiger partial charge in [-0.05, 0) is 24.6 Å². The standard InChI is InChI=1S/C20H22N2O4/c1-14-7-6-8-16(11-14)12-21-19(24)13-22(15(2)23)18-10-5-4-9-17(18)20(25)26-3/h4-11H,12-13H2,1-3H3,(H,21,24). The molecule has 0 fully saturated rings. The number of ether oxygens (including phenoxy) is 1. The molecule has 0 radical (unpaired) electrons. The number of nitrogens with zero attached hydrogens (tertiary/aromatic N) is 1. The van der Waals surface area contributed by atoms with Gasteiger partial charge < -0.3 is 15.0 Å². The van der Waals surface area contributed by atoms with Crippen molar-refractivity contribution in [3.8, 4) is 0 Å². The van der Waals surface area contributed by atoms with Gasteiger partial charge in [-0.15, -0.1) is 0 Å². The lowest BCUT2D eigenvalue weighted by molar-refractivity contribution is -0.123. The number of carbonyl (C=O) groups is 3. The molecular formula is C20H22N2O4. The minimum atomic E-state index is -0.563. The Morgan fingerprint density at radius 3 is 2.46 bits per heavy atom. The molecule has 136 valence electrons. The number of benzene rings is 2. The molecule has 6 nitrogen and oxygen atoms in total. The average Bonchev–Trinajstić information content (AvgIpc) is 2.63. The number of anilines is 1. The first kappa shape index (κ1) is 19.2. The number of amides is 2. The number of esters is 1. The van der Waals surface area contributed by atoms with Crippen LogP contribution >= 0.6 is 0 Å². The monoisotopic (exact) mass is 354 g/mol. The summed E-state index contributed by atoms with van der Waals surface area (Å²) in [6, 6.07) is 14.3. The molecule has 0 unspecified atom stereocenters. The smallest absolute Gasteiger partial charge is 0.339 e. The van der Waals surface area contributed by atoms with Crippen LogP contribution in [0.2, 0.25) is 0 Å². The lowest BCUT2D eigenvalue weighted by atomic mass is 10.1. The topological polar surface area (TPSA) is 75.7 Å². The van der Waals surface area contributed by atoms with Crippen molar-refractivity contribution >= 4 is 23.5 Å². The summed E-state index contributed by atoms with van der Waals surface area (Å²) in [5.74, 6) is -1.22. The van der Waals surface area contributed by atoms with E-state index in [1.54, 1.807) is 24.3 Å². The molecule has 26 heavy (non-hydrogen) atoms. The van der Waals surface area contributed by atoms with Gasteiger partial charge in [0.05, 0.1) is 18.4 Å². The number of para-hydroxylation sites is 1. The molecular weight excluding hydrogens is 332 g/mol. The predicted molar refractivity (Wildman–Crippen MR) is 98.8 cm³/mol. The zero-order valence-electron chi connectivity index (χ0n) is 15.1. The van der Waals surface area contributed by atoms with Gasteiger partial charge in [-0.25, -0.2) is 4.79 Å². The van der Waals surface area contributed by atoms with E-state index in [0.717, 1.165) is 11.1 Å². The fourth-order valence-corrected chi connectivity index (χ4v) is 2.58. The highest BCUT2D eigenvalue weighted by Crippen LogP contribution is 2.21. The van der Waals surface area contributed by atoms with Crippen LogP contribution in [0.1, 0.15) is 28.4 Å². The van der Waals surface area contributed by atoms with Gasteiger partial charge in [0, 0.05) is 13.5 Å². The van der Waals surface area contributed by atoms with Crippen LogP contribution in [-0.4, -0.2) is 31.4 Å². The fourth-order valence-electron chi connectivity index (χ4n) is 2.58. The highest BCUT2D eigenvalue weighted by atomic mass is 16.5. The molecule has 0 heterocycles. The van der Waals surface area contributed by atoms with Gasteiger partial charge in [0.2, 0.25) is 11.8 Å². The average molecular weight is 354 g/mol. The molecule has 6 heteroatoms. The molecule has 2 amide bonds. The minimum Gasteiger partial charge on any atom is -0.465 e. The number of aryl methyl sites for hydroxylation is 1. The molecule has 0 aromatic heterocycles. The second-order valence-electron chi connectivity index (χ2n) is 5.88. The zero-order chi connectivity index (χ0) is 19.1. The van der Waals surface area contributed by atoms with Crippen molar-refractivity contribution in [1.82, 2.24) is 5.32 Å². The molecule has 2 rings (SSSR count). The van der Waals surface area contributed by atoms with E-state index in [1.165, 1.54) is 18.9 Å². The summed E-state index contributed by atoms with van der Waals surface area (Å²) in [5, 5.41) is 2.79. The SMILES string of the molecule is COC(=O)c1ccccc1N(CC(=O)NCc1cccc(C)c1)C(C)=O. The second kappa shape index (κ2) is 8.80. The van der Waals surface area contributed by atoms with Crippen molar-refractivity contribution in [3.05, 3.63) is 65.2 Å². The lowest BCUT2D eigenvalue weighted by Gasteiger charge is -2.22. The number of rotatable bonds is 6. The van der Waals surface area contributed by atoms with Crippen LogP contribution in [-0.2, 0) is 20.9 Å². The van der Waals surface area contributed by atoms with Gasteiger partial charge in [-0.2, -0.15) is 0 Å². The van der Waals surface area contributed by atoms with Gasteiger partial charge >= 0.3 is 5.97 Å². The molecule has 0 atom stereocenters. The Morgan fingerprint density at radius 1 is 1.08 bits per heavy atom. The van der Waals surface area contributed by atoms with E-state index < -0.39 is 5.97 Å². The minimum absolute atomic E-state index is 0.185. The lowest BCUT2D eigenvalue weighted by Crippen LogP contribution is -2.40. The Bertz CT molecular complexity index is 817. The third kappa shape index (κ3) is 4.92. The van der Waals surface area contributed by atoms with Crippen molar-refractivity contribution in [2.45, 2.75) is 20.4 Å². The molecule has 0 saturated carbocycles. The highest BCUT2D eigenvalue weighted by Gasteiger charge is 2.21. The van der Waals surface area contributed by atoms with Crippen molar-refractivity contribution in [3.63, 3.8) is 0 Å². The van der Waals surface area contributed by atoms with Crippen LogP contribution in [0.5, 0.6) is 0 Å². The molecule has 2 aromatic carbocycles. The largest absolute Gasteiger partial charge is 0.465 e. The van der Waals surface area contributed by atoms with Crippen LogP contribution < -0.4 is 10.2 Å². The number of carbonyl (C=O) groups excluding carboxylic acids is 3. The maximum atomic E-state index is 12.3. The molecule has 0 saturated heterocycles. The summed E-state index contributed by atoms with van der Waals surface area (Å²) in [5.41, 5.74) is 2.66. The third-order valence-electron chi connectivity index (χ3n) is 3.85. The molecule has 0 aliphatic heterocycles. The van der Waals surface area contributed by atoms with E-state index in [4.69, 9.17) is 4.74 Å². The van der Waals surface area contributed by atoms with Crippen LogP contribution in [0.4, 0.5) is 5.69 Å². The third-order valence-corrected chi connectivity index (χ3v) is 3.85. The van der Waals surface area contributed by atoms with Gasteiger partial charge in [0.25, 0.3) is 0 Å². The highest BCUT2D eigenvalue weighted by molar-refractivity contribution is 6.04. The number of nitrogens with one attached hydrogen (secondary N) is 1. The van der Waals surface area contributed by atoms with Gasteiger partial charge in [-0.3, -0.25) is 9.59 Å². The molecule has 1 N–H and O–H groups in total. The maximum Gasteiger partial charge on any atom is 0.339 e. The fraction of sp³-hybridized carbons (Fsp3) is 0.250. The zero-order valence-corrected chi connectivity index (χ0v) is 15.1. The van der Waals surface area contributed by atoms with E-state index in [2.05, 4.69) is 5.32 Å². The predicted octanol–water partition coefficient (Wildman–Crippen LogP) is 2.45. The van der Waals surface area contributed by atoms with E-state index in [0.29, 0.717) is 12.2 Å². The van der Waals surface area contributed by atoms with Crippen LogP contribution in [0, 0.1) is 6.92 Å². The van der Waals surface area contributed by atoms with E-state index in [1.807, 2.05) is 31.2 Å². The number of methoxy groups -OCH3 is 1. The van der Waals surface area contributed by atoms with E-state index >= 15 is 0 Å². The summed E-state index contributed by atoms with van der Waals surface area (Å²) in [6.45, 7) is 3.51. The molecule has 0 bridgehead atoms. The van der Waals surface area contributed by atoms with Crippen molar-refractivity contribution in [2.24, 2.45) is 0 Å². The van der Waals surface area contributed by atoms with Gasteiger partial charge in [-0.1, -0.05) is 42.0 Å². The van der Waals surface area contributed by atoms with Gasteiger partial charge in [0.15, 0.2) is 0 Å². The Kier molecular flexibility index (Phi) is 6.49. The normalized spacial score (nSPS) is 10.1. The molecule has 2 aromatic rings. The van der Waals surface area contributed by atoms with Crippen molar-refractivity contribution < 1.29 is 19.1 Å². The summed E-state index contributed by atoms with van der Waals surface area (Å²) in [6.07, 6.45) is 0. The van der Waals surface area contributed by atoms with Gasteiger partial charge in [0.1, 0.15) is 6.54 Å². The number of hydrogen-bond acceptors (Lipinski definition) is 4. The van der Waals surface area contributed by atoms with E-state index in [9.17, 15) is 14.4 Å². The van der Waals surface area contributed by atoms with Crippen LogP contribution in [0.25, 0.3) is 0 Å². The second-order valence-corrected chi connectivity index (χ2v) is 5.88. The Balaban J connectivity index is 2.12. The Hall–Kier alpha value is -3.15.